The summed E-state index contributed by atoms with van der Waals surface area (Å²) in [4.78, 5) is 12.5. The lowest BCUT2D eigenvalue weighted by Crippen LogP contribution is -2.45. The lowest BCUT2D eigenvalue weighted by molar-refractivity contribution is -0.122. The zero-order chi connectivity index (χ0) is 20.9. The molecule has 29 heavy (non-hydrogen) atoms. The van der Waals surface area contributed by atoms with Gasteiger partial charge >= 0.3 is 0 Å². The summed E-state index contributed by atoms with van der Waals surface area (Å²) in [7, 11) is -2.19. The van der Waals surface area contributed by atoms with Crippen molar-refractivity contribution in [1.82, 2.24) is 9.62 Å². The first-order chi connectivity index (χ1) is 13.9. The molecule has 156 valence electrons. The van der Waals surface area contributed by atoms with Crippen LogP contribution in [0.2, 0.25) is 0 Å². The zero-order valence-electron chi connectivity index (χ0n) is 16.3. The Labute approximate surface area is 170 Å². The van der Waals surface area contributed by atoms with Crippen molar-refractivity contribution in [3.8, 4) is 5.75 Å². The van der Waals surface area contributed by atoms with Gasteiger partial charge in [-0.3, -0.25) is 4.79 Å². The second-order valence-corrected chi connectivity index (χ2v) is 8.94. The van der Waals surface area contributed by atoms with Crippen molar-refractivity contribution in [3.05, 3.63) is 59.9 Å². The Morgan fingerprint density at radius 1 is 1.14 bits per heavy atom. The van der Waals surface area contributed by atoms with E-state index in [2.05, 4.69) is 5.32 Å². The number of carbonyl (C=O) groups is 1. The van der Waals surface area contributed by atoms with E-state index in [1.807, 2.05) is 24.3 Å². The number of piperidine rings is 1. The van der Waals surface area contributed by atoms with Crippen molar-refractivity contribution in [2.75, 3.05) is 13.7 Å². The maximum Gasteiger partial charge on any atom is 0.243 e. The van der Waals surface area contributed by atoms with E-state index >= 15 is 0 Å². The Balaban J connectivity index is 1.64. The smallest absolute Gasteiger partial charge is 0.243 e. The quantitative estimate of drug-likeness (QED) is 0.747. The van der Waals surface area contributed by atoms with Crippen LogP contribution in [-0.4, -0.2) is 38.3 Å². The topological polar surface area (TPSA) is 75.7 Å². The number of hydrogen-bond donors (Lipinski definition) is 1. The number of halogens is 1. The molecule has 1 fully saturated rings. The predicted molar refractivity (Wildman–Crippen MR) is 107 cm³/mol. The minimum absolute atomic E-state index is 0.0458. The highest BCUT2D eigenvalue weighted by molar-refractivity contribution is 7.89. The van der Waals surface area contributed by atoms with Gasteiger partial charge in [0.1, 0.15) is 11.6 Å². The molecule has 3 rings (SSSR count). The minimum Gasteiger partial charge on any atom is -0.497 e. The monoisotopic (exact) mass is 420 g/mol. The molecule has 0 bridgehead atoms. The van der Waals surface area contributed by atoms with Gasteiger partial charge in [-0.05, 0) is 54.8 Å². The fraction of sp³-hybridized carbons (Fsp3) is 0.381. The fourth-order valence-corrected chi connectivity index (χ4v) is 5.16. The minimum atomic E-state index is -3.78. The molecular weight excluding hydrogens is 395 g/mol. The van der Waals surface area contributed by atoms with E-state index in [4.69, 9.17) is 4.74 Å². The molecule has 1 atom stereocenters. The van der Waals surface area contributed by atoms with Crippen LogP contribution in [0.4, 0.5) is 4.39 Å². The average molecular weight is 421 g/mol. The second-order valence-electron chi connectivity index (χ2n) is 7.05. The average Bonchev–Trinajstić information content (AvgIpc) is 2.73. The summed E-state index contributed by atoms with van der Waals surface area (Å²) in [6.45, 7) is 0.719. The molecule has 1 aliphatic rings. The number of sulfonamides is 1. The van der Waals surface area contributed by atoms with Crippen LogP contribution < -0.4 is 10.1 Å². The van der Waals surface area contributed by atoms with E-state index in [0.717, 1.165) is 36.3 Å². The number of benzene rings is 2. The van der Waals surface area contributed by atoms with Crippen LogP contribution in [0.25, 0.3) is 0 Å². The maximum atomic E-state index is 13.2. The molecule has 0 aromatic heterocycles. The Hall–Kier alpha value is -2.45. The van der Waals surface area contributed by atoms with Crippen molar-refractivity contribution in [2.45, 2.75) is 43.2 Å². The Bertz CT molecular complexity index is 930. The number of nitrogens with zero attached hydrogens (tertiary/aromatic N) is 1. The molecule has 0 aliphatic carbocycles. The van der Waals surface area contributed by atoms with Crippen LogP contribution in [0.15, 0.2) is 53.4 Å². The van der Waals surface area contributed by atoms with Gasteiger partial charge in [-0.2, -0.15) is 4.31 Å². The molecule has 2 aromatic carbocycles. The number of nitrogens with one attached hydrogen (secondary N) is 1. The zero-order valence-corrected chi connectivity index (χ0v) is 17.1. The number of carbonyl (C=O) groups excluding carboxylic acids is 1. The molecule has 1 aliphatic heterocycles. The summed E-state index contributed by atoms with van der Waals surface area (Å²) < 4.78 is 45.6. The number of ether oxygens (including phenoxy) is 1. The third kappa shape index (κ3) is 5.33. The number of amides is 1. The van der Waals surface area contributed by atoms with Crippen LogP contribution in [0.3, 0.4) is 0 Å². The van der Waals surface area contributed by atoms with Crippen LogP contribution in [0, 0.1) is 5.82 Å². The van der Waals surface area contributed by atoms with Gasteiger partial charge in [-0.25, -0.2) is 12.8 Å². The van der Waals surface area contributed by atoms with Gasteiger partial charge < -0.3 is 10.1 Å². The molecule has 6 nitrogen and oxygen atoms in total. The number of hydrogen-bond acceptors (Lipinski definition) is 4. The Morgan fingerprint density at radius 2 is 1.83 bits per heavy atom. The van der Waals surface area contributed by atoms with Crippen molar-refractivity contribution in [2.24, 2.45) is 0 Å². The molecule has 1 amide bonds. The number of rotatable bonds is 7. The first-order valence-electron chi connectivity index (χ1n) is 9.57. The molecule has 1 N–H and O–H groups in total. The molecule has 0 radical (unpaired) electrons. The van der Waals surface area contributed by atoms with E-state index in [1.165, 1.54) is 16.4 Å². The molecule has 8 heteroatoms. The molecular formula is C21H25FN2O4S. The highest BCUT2D eigenvalue weighted by Gasteiger charge is 2.34. The van der Waals surface area contributed by atoms with Crippen molar-refractivity contribution in [1.29, 1.82) is 0 Å². The maximum absolute atomic E-state index is 13.2. The predicted octanol–water partition coefficient (Wildman–Crippen LogP) is 3.08. The van der Waals surface area contributed by atoms with Gasteiger partial charge in [-0.15, -0.1) is 0 Å². The van der Waals surface area contributed by atoms with Gasteiger partial charge in [0, 0.05) is 25.6 Å². The molecule has 1 saturated heterocycles. The summed E-state index contributed by atoms with van der Waals surface area (Å²) in [5.74, 6) is 0.0491. The van der Waals surface area contributed by atoms with Crippen LogP contribution in [-0.2, 0) is 21.4 Å². The lowest BCUT2D eigenvalue weighted by atomic mass is 10.0. The highest BCUT2D eigenvalue weighted by atomic mass is 32.2. The molecule has 0 saturated carbocycles. The number of methoxy groups -OCH3 is 1. The van der Waals surface area contributed by atoms with Gasteiger partial charge in [-0.1, -0.05) is 18.6 Å². The van der Waals surface area contributed by atoms with Crippen molar-refractivity contribution >= 4 is 15.9 Å². The third-order valence-electron chi connectivity index (χ3n) is 5.06. The summed E-state index contributed by atoms with van der Waals surface area (Å²) in [5, 5.41) is 2.85. The normalized spacial score (nSPS) is 17.7. The van der Waals surface area contributed by atoms with Crippen molar-refractivity contribution < 1.29 is 22.3 Å². The van der Waals surface area contributed by atoms with E-state index in [9.17, 15) is 17.6 Å². The van der Waals surface area contributed by atoms with Gasteiger partial charge in [0.25, 0.3) is 0 Å². The van der Waals surface area contributed by atoms with E-state index < -0.39 is 21.9 Å². The van der Waals surface area contributed by atoms with Gasteiger partial charge in [0.05, 0.1) is 12.0 Å². The molecule has 1 heterocycles. The highest BCUT2D eigenvalue weighted by Crippen LogP contribution is 2.27. The van der Waals surface area contributed by atoms with E-state index in [1.54, 1.807) is 7.11 Å². The summed E-state index contributed by atoms with van der Waals surface area (Å²) in [5.41, 5.74) is 0.929. The lowest BCUT2D eigenvalue weighted by Gasteiger charge is -2.34. The summed E-state index contributed by atoms with van der Waals surface area (Å²) in [6.07, 6.45) is 2.32. The molecule has 0 spiro atoms. The van der Waals surface area contributed by atoms with Crippen LogP contribution in [0.5, 0.6) is 5.75 Å². The fourth-order valence-electron chi connectivity index (χ4n) is 3.47. The third-order valence-corrected chi connectivity index (χ3v) is 7.03. The largest absolute Gasteiger partial charge is 0.497 e. The van der Waals surface area contributed by atoms with E-state index in [-0.39, 0.29) is 17.2 Å². The first-order valence-corrected chi connectivity index (χ1v) is 11.0. The Kier molecular flexibility index (Phi) is 6.87. The first kappa shape index (κ1) is 21.3. The second kappa shape index (κ2) is 9.37. The standard InChI is InChI=1S/C21H25FN2O4S/c1-28-19-9-5-16(6-10-19)15-23-21(25)14-18-4-2-3-13-24(18)29(26,27)20-11-7-17(22)8-12-20/h5-12,18H,2-4,13-15H2,1H3,(H,23,25). The Morgan fingerprint density at radius 3 is 2.48 bits per heavy atom. The molecule has 1 unspecified atom stereocenters. The summed E-state index contributed by atoms with van der Waals surface area (Å²) in [6, 6.07) is 11.8. The summed E-state index contributed by atoms with van der Waals surface area (Å²) >= 11 is 0. The van der Waals surface area contributed by atoms with Crippen LogP contribution >= 0.6 is 0 Å². The van der Waals surface area contributed by atoms with Gasteiger partial charge in [0.15, 0.2) is 0 Å². The molecule has 2 aromatic rings. The van der Waals surface area contributed by atoms with Gasteiger partial charge in [0.2, 0.25) is 15.9 Å². The SMILES string of the molecule is COc1ccc(CNC(=O)CC2CCCCN2S(=O)(=O)c2ccc(F)cc2)cc1. The van der Waals surface area contributed by atoms with Crippen molar-refractivity contribution in [3.63, 3.8) is 0 Å². The van der Waals surface area contributed by atoms with Crippen LogP contribution in [0.1, 0.15) is 31.2 Å². The van der Waals surface area contributed by atoms with E-state index in [0.29, 0.717) is 19.5 Å².